The quantitative estimate of drug-likeness (QED) is 0.0297. The lowest BCUT2D eigenvalue weighted by atomic mass is 9.44. The molecule has 2 aromatic carbocycles. The summed E-state index contributed by atoms with van der Waals surface area (Å²) in [5.74, 6) is 7.58. The van der Waals surface area contributed by atoms with Gasteiger partial charge in [-0.3, -0.25) is 19.2 Å². The molecule has 8 aliphatic carbocycles. The zero-order chi connectivity index (χ0) is 64.3. The van der Waals surface area contributed by atoms with Crippen LogP contribution in [0, 0.1) is 92.7 Å². The summed E-state index contributed by atoms with van der Waals surface area (Å²) in [5.41, 5.74) is 12.8. The van der Waals surface area contributed by atoms with E-state index in [1.54, 1.807) is 9.36 Å². The van der Waals surface area contributed by atoms with Crippen LogP contribution in [0.5, 0.6) is 0 Å². The van der Waals surface area contributed by atoms with Crippen LogP contribution in [0.15, 0.2) is 48.8 Å². The van der Waals surface area contributed by atoms with Gasteiger partial charge in [-0.2, -0.15) is 0 Å². The summed E-state index contributed by atoms with van der Waals surface area (Å²) in [6.45, 7) is 17.4. The first-order chi connectivity index (χ1) is 44.3. The lowest BCUT2D eigenvalue weighted by Crippen LogP contribution is -2.54. The number of fused-ring (bicyclic) bond motifs is 13. The third-order valence-corrected chi connectivity index (χ3v) is 28.1. The summed E-state index contributed by atoms with van der Waals surface area (Å²) >= 11 is 6.41. The van der Waals surface area contributed by atoms with Crippen molar-refractivity contribution < 1.29 is 38.1 Å². The van der Waals surface area contributed by atoms with Crippen LogP contribution in [-0.2, 0) is 57.8 Å². The minimum Gasteiger partial charge on any atom is -0.465 e. The van der Waals surface area contributed by atoms with E-state index in [1.165, 1.54) is 77.0 Å². The van der Waals surface area contributed by atoms with E-state index in [9.17, 15) is 19.2 Å². The van der Waals surface area contributed by atoms with Crippen LogP contribution in [0.25, 0.3) is 44.3 Å². The predicted molar refractivity (Wildman–Crippen MR) is 363 cm³/mol. The molecular formula is C74H102Br2N8O8. The molecule has 500 valence electrons. The Kier molecular flexibility index (Phi) is 19.4. The van der Waals surface area contributed by atoms with Gasteiger partial charge in [-0.25, -0.2) is 9.36 Å². The second kappa shape index (κ2) is 27.1. The molecule has 8 fully saturated rings. The van der Waals surface area contributed by atoms with Crippen molar-refractivity contribution >= 4 is 77.5 Å². The van der Waals surface area contributed by atoms with Gasteiger partial charge in [0.15, 0.2) is 0 Å². The highest BCUT2D eigenvalue weighted by Crippen LogP contribution is 2.70. The van der Waals surface area contributed by atoms with E-state index in [1.807, 2.05) is 12.4 Å². The Morgan fingerprint density at radius 2 is 0.978 bits per heavy atom. The molecule has 5 aromatic rings. The first-order valence-electron chi connectivity index (χ1n) is 35.7. The highest BCUT2D eigenvalue weighted by molar-refractivity contribution is 9.09. The van der Waals surface area contributed by atoms with Crippen LogP contribution in [0.2, 0.25) is 0 Å². The van der Waals surface area contributed by atoms with Gasteiger partial charge in [-0.1, -0.05) is 108 Å². The number of carbonyl (C=O) groups excluding carboxylic acids is 4. The molecule has 2 N–H and O–H groups in total. The van der Waals surface area contributed by atoms with Gasteiger partial charge >= 0.3 is 23.9 Å². The third-order valence-electron chi connectivity index (χ3n) is 27.2. The number of carbonyl (C=O) groups is 4. The minimum absolute atomic E-state index is 0.00865. The molecule has 92 heavy (non-hydrogen) atoms. The molecule has 8 aliphatic rings. The Morgan fingerprint density at radius 1 is 0.554 bits per heavy atom. The van der Waals surface area contributed by atoms with E-state index < -0.39 is 0 Å². The summed E-state index contributed by atoms with van der Waals surface area (Å²) in [6, 6.07) is 12.7. The Morgan fingerprint density at radius 3 is 1.40 bits per heavy atom. The summed E-state index contributed by atoms with van der Waals surface area (Å²) in [7, 11) is 0. The molecule has 0 radical (unpaired) electrons. The molecular weight excluding hydrogens is 1290 g/mol. The average Bonchev–Trinajstić information content (AvgIpc) is 1.31. The topological polar surface area (TPSA) is 198 Å². The molecule has 3 aromatic heterocycles. The molecule has 13 rings (SSSR count). The number of aromatic nitrogens is 7. The maximum atomic E-state index is 13.7. The van der Waals surface area contributed by atoms with Crippen LogP contribution in [-0.4, -0.2) is 101 Å². The molecule has 3 heterocycles. The van der Waals surface area contributed by atoms with Gasteiger partial charge in [0, 0.05) is 46.0 Å². The summed E-state index contributed by atoms with van der Waals surface area (Å²) in [6.07, 6.45) is 29.1. The number of hydrogen-bond acceptors (Lipinski definition) is 13. The number of ether oxygens (including phenoxy) is 4. The molecule has 18 heteroatoms. The third kappa shape index (κ3) is 12.5. The summed E-state index contributed by atoms with van der Waals surface area (Å²) in [4.78, 5) is 50.7. The smallest absolute Gasteiger partial charge is 0.328 e. The monoisotopic (exact) mass is 1390 g/mol. The van der Waals surface area contributed by atoms with Crippen molar-refractivity contribution in [2.75, 3.05) is 30.4 Å². The number of nitrogens with two attached hydrogens (primary N) is 1. The number of esters is 4. The van der Waals surface area contributed by atoms with Crippen LogP contribution in [0.3, 0.4) is 0 Å². The average molecular weight is 1390 g/mol. The second-order valence-corrected chi connectivity index (χ2v) is 32.6. The molecule has 8 saturated carbocycles. The van der Waals surface area contributed by atoms with Crippen LogP contribution in [0.4, 0.5) is 0 Å². The van der Waals surface area contributed by atoms with Crippen LogP contribution in [0.1, 0.15) is 183 Å². The van der Waals surface area contributed by atoms with E-state index in [4.69, 9.17) is 24.7 Å². The molecule has 18 atom stereocenters. The normalized spacial score (nSPS) is 34.6. The highest BCUT2D eigenvalue weighted by Gasteiger charge is 2.63. The zero-order valence-corrected chi connectivity index (χ0v) is 58.8. The summed E-state index contributed by atoms with van der Waals surface area (Å²) < 4.78 is 28.8. The van der Waals surface area contributed by atoms with E-state index >= 15 is 0 Å². The minimum atomic E-state index is -0.263. The van der Waals surface area contributed by atoms with E-state index in [2.05, 4.69) is 135 Å². The van der Waals surface area contributed by atoms with Gasteiger partial charge in [0.05, 0.1) is 25.6 Å². The van der Waals surface area contributed by atoms with Gasteiger partial charge in [-0.05, 0) is 246 Å². The van der Waals surface area contributed by atoms with Gasteiger partial charge in [0.2, 0.25) is 0 Å². The lowest BCUT2D eigenvalue weighted by Gasteiger charge is -2.61. The first kappa shape index (κ1) is 66.0. The largest absolute Gasteiger partial charge is 0.465 e. The number of rotatable bonds is 22. The number of nitrogens with zero attached hydrogens (tertiary/aromatic N) is 7. The van der Waals surface area contributed by atoms with Gasteiger partial charge in [-0.15, -0.1) is 10.2 Å². The summed E-state index contributed by atoms with van der Waals surface area (Å²) in [5, 5.41) is 20.7. The second-order valence-electron chi connectivity index (χ2n) is 31.5. The number of alkyl halides is 2. The maximum absolute atomic E-state index is 13.7. The Hall–Kier alpha value is -4.68. The SMILES string of the molecule is C[C@H](CCCOC(=O)CBr)C1CC[C@H]2[C@@H]3CC[C@@H]4C[C@H](OC(=O)Cn5cc(-c6ccc7c8ccc(-c9cn(CC(=O)O[C@@H]%10CCC%11(C)C%12CCC%13(C)C([C@H](C)CCCOC(=O)CBr)CC[C@H]%13[C@@H]%12CC[C@H]%11C%10)nn9)cc8n(CCN)c7c6)nn5)CCC4(C)C3CCC12C. The zero-order valence-electron chi connectivity index (χ0n) is 55.6. The highest BCUT2D eigenvalue weighted by atomic mass is 79.9. The first-order valence-corrected chi connectivity index (χ1v) is 38.0. The number of halogens is 2. The molecule has 0 saturated heterocycles. The van der Waals surface area contributed by atoms with E-state index in [0.29, 0.717) is 72.2 Å². The van der Waals surface area contributed by atoms with Crippen molar-refractivity contribution in [1.82, 2.24) is 34.6 Å². The fraction of sp³-hybridized carbons (Fsp3) is 0.730. The van der Waals surface area contributed by atoms with Gasteiger partial charge in [0.1, 0.15) is 47.3 Å². The fourth-order valence-corrected chi connectivity index (χ4v) is 23.1. The molecule has 8 unspecified atom stereocenters. The molecule has 0 spiro atoms. The van der Waals surface area contributed by atoms with Gasteiger partial charge < -0.3 is 29.2 Å². The Bertz CT molecular complexity index is 3270. The van der Waals surface area contributed by atoms with Gasteiger partial charge in [0.25, 0.3) is 0 Å². The number of benzene rings is 2. The van der Waals surface area contributed by atoms with Crippen molar-refractivity contribution in [3.63, 3.8) is 0 Å². The molecule has 0 bridgehead atoms. The Balaban J connectivity index is 0.589. The van der Waals surface area contributed by atoms with Crippen LogP contribution < -0.4 is 5.73 Å². The fourth-order valence-electron chi connectivity index (χ4n) is 22.8. The predicted octanol–water partition coefficient (Wildman–Crippen LogP) is 15.1. The Labute approximate surface area is 561 Å². The molecule has 16 nitrogen and oxygen atoms in total. The van der Waals surface area contributed by atoms with Crippen LogP contribution >= 0.6 is 31.9 Å². The standard InChI is InChI=1S/C74H102Br2N8O8/c1-45(9-7-33-89-67(85)39-75)57-19-21-59-55-17-13-49-37-51(23-27-71(49,3)61(55)25-29-73(57,59)5)91-69(87)43-82-41-63(78-80-82)47-11-15-53-54-16-12-48(36-66(54)84(32-31-77)65(53)35-47)64-42-83(81-79-64)44-70(88)92-52-24-28-72(4)50(38-52)14-18-56-60-22-20-58(74(60,6)30-26-62(56)72)46(2)10-8-34-90-68(86)40-76/h11-12,15-16,35-36,41-42,45-46,49-52,55-62H,7-10,13-14,17-34,37-40,43-44,77H2,1-6H3/t45-,46-,49-,50+,51-,52-,55+,56+,57?,58?,59+,60+,61?,62?,71?,72?,73?,74?/m1/s1. The van der Waals surface area contributed by atoms with E-state index in [-0.39, 0.29) is 70.7 Å². The van der Waals surface area contributed by atoms with Crippen molar-refractivity contribution in [2.24, 2.45) is 98.4 Å². The maximum Gasteiger partial charge on any atom is 0.328 e. The van der Waals surface area contributed by atoms with Crippen molar-refractivity contribution in [1.29, 1.82) is 0 Å². The molecule has 0 aliphatic heterocycles. The van der Waals surface area contributed by atoms with Crippen molar-refractivity contribution in [3.8, 4) is 22.5 Å². The van der Waals surface area contributed by atoms with Crippen molar-refractivity contribution in [2.45, 2.75) is 215 Å². The lowest BCUT2D eigenvalue weighted by molar-refractivity contribution is -0.164. The number of hydrogen-bond donors (Lipinski definition) is 1. The molecule has 0 amide bonds. The van der Waals surface area contributed by atoms with Crippen molar-refractivity contribution in [3.05, 3.63) is 48.8 Å². The van der Waals surface area contributed by atoms with E-state index in [0.717, 1.165) is 144 Å².